The number of alkyl halides is 3. The van der Waals surface area contributed by atoms with Crippen molar-refractivity contribution in [2.24, 2.45) is 7.05 Å². The Morgan fingerprint density at radius 1 is 1.33 bits per heavy atom. The number of hydrogen-bond donors (Lipinski definition) is 1. The molecule has 0 radical (unpaired) electrons. The minimum atomic E-state index is -4.44. The zero-order valence-electron chi connectivity index (χ0n) is 12.5. The molecular formula is C13H14F3N5O2S. The van der Waals surface area contributed by atoms with Gasteiger partial charge in [0.25, 0.3) is 0 Å². The summed E-state index contributed by atoms with van der Waals surface area (Å²) in [6.45, 7) is 0.488. The zero-order chi connectivity index (χ0) is 17.5. The summed E-state index contributed by atoms with van der Waals surface area (Å²) in [5, 5.41) is 3.80. The summed E-state index contributed by atoms with van der Waals surface area (Å²) in [6.07, 6.45) is -0.755. The van der Waals surface area contributed by atoms with Crippen molar-refractivity contribution in [1.82, 2.24) is 19.5 Å². The van der Waals surface area contributed by atoms with Crippen molar-refractivity contribution in [2.75, 3.05) is 18.0 Å². The molecule has 130 valence electrons. The summed E-state index contributed by atoms with van der Waals surface area (Å²) in [5.41, 5.74) is -0.785. The maximum absolute atomic E-state index is 12.7. The number of anilines is 1. The van der Waals surface area contributed by atoms with Crippen molar-refractivity contribution in [1.29, 1.82) is 0 Å². The van der Waals surface area contributed by atoms with Crippen LogP contribution in [-0.4, -0.2) is 42.3 Å². The van der Waals surface area contributed by atoms with Crippen LogP contribution >= 0.6 is 0 Å². The number of nitrogens with one attached hydrogen (secondary N) is 1. The normalized spacial score (nSPS) is 16.2. The maximum atomic E-state index is 12.7. The van der Waals surface area contributed by atoms with Crippen molar-refractivity contribution < 1.29 is 21.6 Å². The van der Waals surface area contributed by atoms with Gasteiger partial charge in [0.15, 0.2) is 0 Å². The summed E-state index contributed by atoms with van der Waals surface area (Å²) in [7, 11) is -2.10. The Morgan fingerprint density at radius 3 is 2.62 bits per heavy atom. The minimum absolute atomic E-state index is 0.0423. The van der Waals surface area contributed by atoms with E-state index in [1.165, 1.54) is 17.1 Å². The summed E-state index contributed by atoms with van der Waals surface area (Å²) < 4.78 is 66.2. The predicted octanol–water partition coefficient (Wildman–Crippen LogP) is 1.00. The first kappa shape index (κ1) is 16.7. The highest BCUT2D eigenvalue weighted by Crippen LogP contribution is 2.31. The van der Waals surface area contributed by atoms with Gasteiger partial charge >= 0.3 is 6.18 Å². The molecule has 0 amide bonds. The Bertz CT molecular complexity index is 843. The first-order chi connectivity index (χ1) is 11.1. The zero-order valence-corrected chi connectivity index (χ0v) is 13.3. The molecule has 0 bridgehead atoms. The fourth-order valence-corrected chi connectivity index (χ4v) is 3.53. The Balaban J connectivity index is 1.64. The average molecular weight is 361 g/mol. The molecule has 0 aromatic carbocycles. The van der Waals surface area contributed by atoms with E-state index < -0.39 is 27.8 Å². The molecule has 0 atom stereocenters. The number of aryl methyl sites for hydroxylation is 1. The molecule has 0 saturated carbocycles. The Hall–Kier alpha value is -2.14. The molecule has 0 aliphatic carbocycles. The van der Waals surface area contributed by atoms with Gasteiger partial charge in [0.1, 0.15) is 10.7 Å². The van der Waals surface area contributed by atoms with Crippen LogP contribution in [0.5, 0.6) is 0 Å². The summed E-state index contributed by atoms with van der Waals surface area (Å²) in [4.78, 5) is 5.52. The standard InChI is InChI=1S/C13H14F3N5O2S/c1-20-8-11(5-18-20)24(22,23)19-10-6-21(7-10)12-4-9(2-3-17-12)13(14,15)16/h2-5,8,10,19H,6-7H2,1H3. The number of sulfonamides is 1. The van der Waals surface area contributed by atoms with Gasteiger partial charge in [-0.25, -0.2) is 18.1 Å². The third-order valence-corrected chi connectivity index (χ3v) is 5.07. The van der Waals surface area contributed by atoms with Crippen LogP contribution in [0, 0.1) is 0 Å². The summed E-state index contributed by atoms with van der Waals surface area (Å²) >= 11 is 0. The summed E-state index contributed by atoms with van der Waals surface area (Å²) in [6, 6.07) is 1.45. The molecule has 1 N–H and O–H groups in total. The molecule has 3 heterocycles. The molecule has 0 spiro atoms. The van der Waals surface area contributed by atoms with Crippen LogP contribution in [-0.2, 0) is 23.2 Å². The lowest BCUT2D eigenvalue weighted by atomic mass is 10.1. The minimum Gasteiger partial charge on any atom is -0.353 e. The topological polar surface area (TPSA) is 80.1 Å². The lowest BCUT2D eigenvalue weighted by molar-refractivity contribution is -0.137. The third kappa shape index (κ3) is 3.36. The lowest BCUT2D eigenvalue weighted by Gasteiger charge is -2.40. The van der Waals surface area contributed by atoms with E-state index in [0.29, 0.717) is 0 Å². The molecule has 1 aliphatic rings. The van der Waals surface area contributed by atoms with Gasteiger partial charge in [-0.3, -0.25) is 4.68 Å². The van der Waals surface area contributed by atoms with Crippen molar-refractivity contribution in [2.45, 2.75) is 17.1 Å². The van der Waals surface area contributed by atoms with Crippen LogP contribution in [0.15, 0.2) is 35.6 Å². The van der Waals surface area contributed by atoms with E-state index in [1.807, 2.05) is 0 Å². The van der Waals surface area contributed by atoms with Crippen LogP contribution < -0.4 is 9.62 Å². The van der Waals surface area contributed by atoms with E-state index in [2.05, 4.69) is 14.8 Å². The van der Waals surface area contributed by atoms with Crippen molar-refractivity contribution in [3.63, 3.8) is 0 Å². The van der Waals surface area contributed by atoms with E-state index in [9.17, 15) is 21.6 Å². The highest BCUT2D eigenvalue weighted by Gasteiger charge is 2.35. The third-order valence-electron chi connectivity index (χ3n) is 3.59. The predicted molar refractivity (Wildman–Crippen MR) is 78.8 cm³/mol. The van der Waals surface area contributed by atoms with E-state index in [1.54, 1.807) is 11.9 Å². The Kier molecular flexibility index (Phi) is 4.00. The second-order valence-corrected chi connectivity index (χ2v) is 7.19. The van der Waals surface area contributed by atoms with Crippen molar-refractivity contribution in [3.8, 4) is 0 Å². The van der Waals surface area contributed by atoms with Gasteiger partial charge < -0.3 is 4.90 Å². The average Bonchev–Trinajstić information content (AvgIpc) is 2.89. The molecular weight excluding hydrogens is 347 g/mol. The number of hydrogen-bond acceptors (Lipinski definition) is 5. The molecule has 1 saturated heterocycles. The Labute approximate surface area is 136 Å². The van der Waals surface area contributed by atoms with Gasteiger partial charge in [0, 0.05) is 32.5 Å². The smallest absolute Gasteiger partial charge is 0.353 e. The van der Waals surface area contributed by atoms with Gasteiger partial charge in [0.2, 0.25) is 10.0 Å². The number of pyridine rings is 1. The molecule has 11 heteroatoms. The van der Waals surface area contributed by atoms with Crippen LogP contribution in [0.4, 0.5) is 19.0 Å². The van der Waals surface area contributed by atoms with Gasteiger partial charge in [-0.2, -0.15) is 18.3 Å². The lowest BCUT2D eigenvalue weighted by Crippen LogP contribution is -2.59. The van der Waals surface area contributed by atoms with Crippen LogP contribution in [0.2, 0.25) is 0 Å². The second kappa shape index (κ2) is 5.74. The van der Waals surface area contributed by atoms with Crippen LogP contribution in [0.3, 0.4) is 0 Å². The van der Waals surface area contributed by atoms with E-state index in [4.69, 9.17) is 0 Å². The Morgan fingerprint density at radius 2 is 2.04 bits per heavy atom. The largest absolute Gasteiger partial charge is 0.416 e. The monoisotopic (exact) mass is 361 g/mol. The second-order valence-electron chi connectivity index (χ2n) is 5.47. The molecule has 2 aromatic heterocycles. The fourth-order valence-electron chi connectivity index (χ4n) is 2.33. The van der Waals surface area contributed by atoms with Crippen molar-refractivity contribution >= 4 is 15.8 Å². The maximum Gasteiger partial charge on any atom is 0.416 e. The molecule has 1 aliphatic heterocycles. The van der Waals surface area contributed by atoms with Gasteiger partial charge in [0.05, 0.1) is 17.8 Å². The van der Waals surface area contributed by atoms with E-state index >= 15 is 0 Å². The molecule has 3 rings (SSSR count). The SMILES string of the molecule is Cn1cc(S(=O)(=O)NC2CN(c3cc(C(F)(F)F)ccn3)C2)cn1. The van der Waals surface area contributed by atoms with E-state index in [-0.39, 0.29) is 23.8 Å². The van der Waals surface area contributed by atoms with Gasteiger partial charge in [-0.1, -0.05) is 0 Å². The molecule has 1 fully saturated rings. The molecule has 0 unspecified atom stereocenters. The number of nitrogens with zero attached hydrogens (tertiary/aromatic N) is 4. The highest BCUT2D eigenvalue weighted by atomic mass is 32.2. The first-order valence-electron chi connectivity index (χ1n) is 6.94. The van der Waals surface area contributed by atoms with Gasteiger partial charge in [-0.05, 0) is 12.1 Å². The quantitative estimate of drug-likeness (QED) is 0.879. The van der Waals surface area contributed by atoms with E-state index in [0.717, 1.165) is 18.3 Å². The number of aromatic nitrogens is 3. The fraction of sp³-hybridized carbons (Fsp3) is 0.385. The number of rotatable bonds is 4. The van der Waals surface area contributed by atoms with Crippen LogP contribution in [0.25, 0.3) is 0 Å². The highest BCUT2D eigenvalue weighted by molar-refractivity contribution is 7.89. The van der Waals surface area contributed by atoms with Crippen molar-refractivity contribution in [3.05, 3.63) is 36.3 Å². The molecule has 2 aromatic rings. The van der Waals surface area contributed by atoms with Gasteiger partial charge in [-0.15, -0.1) is 0 Å². The molecule has 24 heavy (non-hydrogen) atoms. The first-order valence-corrected chi connectivity index (χ1v) is 8.43. The summed E-state index contributed by atoms with van der Waals surface area (Å²) in [5.74, 6) is 0.168. The molecule has 7 nitrogen and oxygen atoms in total. The van der Waals surface area contributed by atoms with Crippen LogP contribution in [0.1, 0.15) is 5.56 Å². The number of halogens is 3.